The number of nitrogens with zero attached hydrogens (tertiary/aromatic N) is 3. The van der Waals surface area contributed by atoms with E-state index in [4.69, 9.17) is 0 Å². The number of benzene rings is 1. The summed E-state index contributed by atoms with van der Waals surface area (Å²) < 4.78 is 39.7. The lowest BCUT2D eigenvalue weighted by atomic mass is 10.0. The standard InChI is InChI=1S/C25H30F3N5O/c1-17(10-12-30-23-9-7-19(14-32-23)25(26,27)28)5-4-11-31-24(34)21-13-18(2)6-8-20(21)22-15-29-16-33(22)3/h6-9,13-17H,4-5,10-12H2,1-3H3,(H,30,32)(H,31,34). The largest absolute Gasteiger partial charge is 0.417 e. The molecule has 182 valence electrons. The highest BCUT2D eigenvalue weighted by molar-refractivity contribution is 6.00. The van der Waals surface area contributed by atoms with Crippen LogP contribution in [0.2, 0.25) is 0 Å². The molecule has 6 nitrogen and oxygen atoms in total. The van der Waals surface area contributed by atoms with E-state index in [9.17, 15) is 18.0 Å². The van der Waals surface area contributed by atoms with Gasteiger partial charge in [0.05, 0.1) is 23.8 Å². The van der Waals surface area contributed by atoms with Gasteiger partial charge in [0.2, 0.25) is 0 Å². The summed E-state index contributed by atoms with van der Waals surface area (Å²) in [5.74, 6) is 0.709. The van der Waals surface area contributed by atoms with Crippen molar-refractivity contribution in [3.8, 4) is 11.3 Å². The minimum absolute atomic E-state index is 0.109. The van der Waals surface area contributed by atoms with Crippen LogP contribution in [0, 0.1) is 12.8 Å². The molecule has 0 spiro atoms. The van der Waals surface area contributed by atoms with Crippen LogP contribution in [-0.2, 0) is 13.2 Å². The molecule has 0 aliphatic rings. The minimum atomic E-state index is -4.38. The summed E-state index contributed by atoms with van der Waals surface area (Å²) in [6, 6.07) is 8.18. The molecule has 0 radical (unpaired) electrons. The molecule has 1 unspecified atom stereocenters. The van der Waals surface area contributed by atoms with Crippen molar-refractivity contribution in [1.82, 2.24) is 19.9 Å². The average Bonchev–Trinajstić information content (AvgIpc) is 3.22. The molecule has 1 amide bonds. The van der Waals surface area contributed by atoms with Gasteiger partial charge in [0.25, 0.3) is 5.91 Å². The first-order valence-corrected chi connectivity index (χ1v) is 11.3. The van der Waals surface area contributed by atoms with E-state index in [2.05, 4.69) is 27.5 Å². The number of halogens is 3. The molecule has 0 saturated heterocycles. The molecule has 0 bridgehead atoms. The number of hydrogen-bond acceptors (Lipinski definition) is 4. The fourth-order valence-electron chi connectivity index (χ4n) is 3.69. The number of nitrogens with one attached hydrogen (secondary N) is 2. The van der Waals surface area contributed by atoms with Crippen LogP contribution in [0.3, 0.4) is 0 Å². The summed E-state index contributed by atoms with van der Waals surface area (Å²) in [7, 11) is 1.90. The first-order valence-electron chi connectivity index (χ1n) is 11.3. The number of imidazole rings is 1. The van der Waals surface area contributed by atoms with E-state index in [0.29, 0.717) is 30.4 Å². The third-order valence-electron chi connectivity index (χ3n) is 5.71. The fraction of sp³-hybridized carbons (Fsp3) is 0.400. The van der Waals surface area contributed by atoms with Gasteiger partial charge in [0.1, 0.15) is 5.82 Å². The van der Waals surface area contributed by atoms with E-state index in [1.807, 2.05) is 36.7 Å². The van der Waals surface area contributed by atoms with Crippen molar-refractivity contribution in [2.75, 3.05) is 18.4 Å². The lowest BCUT2D eigenvalue weighted by Crippen LogP contribution is -2.25. The number of hydrogen-bond donors (Lipinski definition) is 2. The summed E-state index contributed by atoms with van der Waals surface area (Å²) in [6.07, 6.45) is 2.51. The normalized spacial score (nSPS) is 12.4. The van der Waals surface area contributed by atoms with Crippen molar-refractivity contribution in [2.45, 2.75) is 39.3 Å². The third kappa shape index (κ3) is 6.82. The Kier molecular flexibility index (Phi) is 8.31. The summed E-state index contributed by atoms with van der Waals surface area (Å²) >= 11 is 0. The van der Waals surface area contributed by atoms with E-state index in [1.165, 1.54) is 6.07 Å². The van der Waals surface area contributed by atoms with E-state index in [-0.39, 0.29) is 5.91 Å². The Morgan fingerprint density at radius 3 is 2.56 bits per heavy atom. The molecule has 1 atom stereocenters. The Labute approximate surface area is 197 Å². The van der Waals surface area contributed by atoms with Crippen LogP contribution in [0.4, 0.5) is 19.0 Å². The van der Waals surface area contributed by atoms with Crippen molar-refractivity contribution in [3.63, 3.8) is 0 Å². The Hall–Kier alpha value is -3.36. The number of anilines is 1. The molecule has 2 N–H and O–H groups in total. The van der Waals surface area contributed by atoms with E-state index in [0.717, 1.165) is 48.3 Å². The predicted molar refractivity (Wildman–Crippen MR) is 126 cm³/mol. The first kappa shape index (κ1) is 25.3. The Morgan fingerprint density at radius 1 is 1.12 bits per heavy atom. The Balaban J connectivity index is 1.41. The summed E-state index contributed by atoms with van der Waals surface area (Å²) in [6.45, 7) is 5.25. The van der Waals surface area contributed by atoms with Gasteiger partial charge in [-0.25, -0.2) is 9.97 Å². The molecular weight excluding hydrogens is 443 g/mol. The number of aryl methyl sites for hydroxylation is 2. The second-order valence-electron chi connectivity index (χ2n) is 8.59. The van der Waals surface area contributed by atoms with Crippen LogP contribution >= 0.6 is 0 Å². The maximum atomic E-state index is 12.9. The lowest BCUT2D eigenvalue weighted by molar-refractivity contribution is -0.137. The summed E-state index contributed by atoms with van der Waals surface area (Å²) in [5.41, 5.74) is 2.62. The van der Waals surface area contributed by atoms with E-state index >= 15 is 0 Å². The molecule has 2 aromatic heterocycles. The zero-order valence-corrected chi connectivity index (χ0v) is 19.6. The van der Waals surface area contributed by atoms with Crippen molar-refractivity contribution in [2.24, 2.45) is 13.0 Å². The van der Waals surface area contributed by atoms with Gasteiger partial charge in [0, 0.05) is 37.5 Å². The van der Waals surface area contributed by atoms with Gasteiger partial charge in [-0.05, 0) is 50.3 Å². The Bertz CT molecular complexity index is 1090. The lowest BCUT2D eigenvalue weighted by Gasteiger charge is -2.14. The number of carbonyl (C=O) groups is 1. The van der Waals surface area contributed by atoms with Crippen molar-refractivity contribution in [3.05, 3.63) is 65.7 Å². The van der Waals surface area contributed by atoms with Gasteiger partial charge in [-0.1, -0.05) is 24.6 Å². The molecule has 3 rings (SSSR count). The van der Waals surface area contributed by atoms with Crippen LogP contribution in [0.1, 0.15) is 47.7 Å². The maximum Gasteiger partial charge on any atom is 0.417 e. The topological polar surface area (TPSA) is 71.8 Å². The molecule has 0 aliphatic heterocycles. The number of amides is 1. The van der Waals surface area contributed by atoms with Gasteiger partial charge in [-0.15, -0.1) is 0 Å². The van der Waals surface area contributed by atoms with Gasteiger partial charge >= 0.3 is 6.18 Å². The molecule has 0 aliphatic carbocycles. The third-order valence-corrected chi connectivity index (χ3v) is 5.71. The van der Waals surface area contributed by atoms with Crippen LogP contribution in [0.25, 0.3) is 11.3 Å². The molecule has 3 aromatic rings. The SMILES string of the molecule is Cc1ccc(-c2cncn2C)c(C(=O)NCCCC(C)CCNc2ccc(C(F)(F)F)cn2)c1. The average molecular weight is 474 g/mol. The molecule has 0 fully saturated rings. The van der Waals surface area contributed by atoms with Crippen LogP contribution in [0.15, 0.2) is 49.1 Å². The van der Waals surface area contributed by atoms with E-state index < -0.39 is 11.7 Å². The zero-order chi connectivity index (χ0) is 24.7. The quantitative estimate of drug-likeness (QED) is 0.384. The van der Waals surface area contributed by atoms with Gasteiger partial charge in [0.15, 0.2) is 0 Å². The maximum absolute atomic E-state index is 12.9. The molecule has 2 heterocycles. The number of pyridine rings is 1. The second kappa shape index (κ2) is 11.2. The fourth-order valence-corrected chi connectivity index (χ4v) is 3.69. The zero-order valence-electron chi connectivity index (χ0n) is 19.6. The summed E-state index contributed by atoms with van der Waals surface area (Å²) in [5, 5.41) is 6.08. The predicted octanol–water partition coefficient (Wildman–Crippen LogP) is 5.46. The van der Waals surface area contributed by atoms with Gasteiger partial charge in [-0.3, -0.25) is 4.79 Å². The highest BCUT2D eigenvalue weighted by Crippen LogP contribution is 2.29. The van der Waals surface area contributed by atoms with Crippen molar-refractivity contribution >= 4 is 11.7 Å². The number of aromatic nitrogens is 3. The monoisotopic (exact) mass is 473 g/mol. The second-order valence-corrected chi connectivity index (χ2v) is 8.59. The molecule has 9 heteroatoms. The molecule has 1 aromatic carbocycles. The Morgan fingerprint density at radius 2 is 1.91 bits per heavy atom. The minimum Gasteiger partial charge on any atom is -0.370 e. The highest BCUT2D eigenvalue weighted by Gasteiger charge is 2.30. The smallest absolute Gasteiger partial charge is 0.370 e. The summed E-state index contributed by atoms with van der Waals surface area (Å²) in [4.78, 5) is 20.8. The van der Waals surface area contributed by atoms with Crippen LogP contribution in [0.5, 0.6) is 0 Å². The first-order chi connectivity index (χ1) is 16.1. The van der Waals surface area contributed by atoms with E-state index in [1.54, 1.807) is 12.5 Å². The van der Waals surface area contributed by atoms with Gasteiger partial charge < -0.3 is 15.2 Å². The van der Waals surface area contributed by atoms with Gasteiger partial charge in [-0.2, -0.15) is 13.2 Å². The molecular formula is C25H30F3N5O. The van der Waals surface area contributed by atoms with Crippen molar-refractivity contribution < 1.29 is 18.0 Å². The number of rotatable bonds is 10. The van der Waals surface area contributed by atoms with Crippen LogP contribution in [-0.4, -0.2) is 33.5 Å². The number of alkyl halides is 3. The van der Waals surface area contributed by atoms with Crippen LogP contribution < -0.4 is 10.6 Å². The highest BCUT2D eigenvalue weighted by atomic mass is 19.4. The molecule has 0 saturated carbocycles. The van der Waals surface area contributed by atoms with Crippen molar-refractivity contribution in [1.29, 1.82) is 0 Å². The number of carbonyl (C=O) groups excluding carboxylic acids is 1. The molecule has 34 heavy (non-hydrogen) atoms.